The van der Waals surface area contributed by atoms with Crippen LogP contribution in [0.25, 0.3) is 86.3 Å². The largest absolute Gasteiger partial charge is 0.455 e. The van der Waals surface area contributed by atoms with Gasteiger partial charge >= 0.3 is 0 Å². The van der Waals surface area contributed by atoms with Crippen molar-refractivity contribution in [2.45, 2.75) is 0 Å². The van der Waals surface area contributed by atoms with Gasteiger partial charge in [-0.05, 0) is 65.7 Å². The number of rotatable bonds is 5. The third-order valence-corrected chi connectivity index (χ3v) is 11.4. The third kappa shape index (κ3) is 4.51. The number of thiophene rings is 1. The highest BCUT2D eigenvalue weighted by Crippen LogP contribution is 2.44. The smallest absolute Gasteiger partial charge is 0.143 e. The molecule has 0 aliphatic carbocycles. The molecular weight excluding hydrogens is 655 g/mol. The maximum absolute atomic E-state index is 6.49. The summed E-state index contributed by atoms with van der Waals surface area (Å²) in [6, 6.07) is 62.5. The molecule has 0 aliphatic rings. The number of furan rings is 2. The van der Waals surface area contributed by atoms with Gasteiger partial charge in [0.05, 0.1) is 0 Å². The Hall–Kier alpha value is -6.62. The van der Waals surface area contributed by atoms with Gasteiger partial charge in [0.1, 0.15) is 22.3 Å². The highest BCUT2D eigenvalue weighted by Gasteiger charge is 2.19. The molecule has 0 spiro atoms. The lowest BCUT2D eigenvalue weighted by Crippen LogP contribution is -2.10. The number of nitrogens with zero attached hydrogens (tertiary/aromatic N) is 1. The molecule has 11 rings (SSSR count). The predicted molar refractivity (Wildman–Crippen MR) is 219 cm³/mol. The van der Waals surface area contributed by atoms with Gasteiger partial charge in [0.25, 0.3) is 0 Å². The van der Waals surface area contributed by atoms with Crippen molar-refractivity contribution in [3.05, 3.63) is 176 Å². The fraction of sp³-hybridized carbons (Fsp3) is 0. The topological polar surface area (TPSA) is 29.5 Å². The molecule has 0 amide bonds. The molecule has 0 N–H and O–H groups in total. The Kier molecular flexibility index (Phi) is 6.42. The Labute approximate surface area is 303 Å². The molecule has 0 unspecified atom stereocenters. The van der Waals surface area contributed by atoms with E-state index < -0.39 is 0 Å². The average molecular weight is 684 g/mol. The van der Waals surface area contributed by atoms with Crippen LogP contribution in [0.5, 0.6) is 0 Å². The predicted octanol–water partition coefficient (Wildman–Crippen LogP) is 14.7. The summed E-state index contributed by atoms with van der Waals surface area (Å²) < 4.78 is 15.5. The average Bonchev–Trinajstić information content (AvgIpc) is 3.89. The van der Waals surface area contributed by atoms with Crippen LogP contribution in [-0.2, 0) is 0 Å². The summed E-state index contributed by atoms with van der Waals surface area (Å²) in [7, 11) is 0. The number of hydrogen-bond acceptors (Lipinski definition) is 4. The van der Waals surface area contributed by atoms with E-state index in [-0.39, 0.29) is 0 Å². The van der Waals surface area contributed by atoms with Crippen molar-refractivity contribution in [3.8, 4) is 22.3 Å². The van der Waals surface area contributed by atoms with Crippen molar-refractivity contribution >= 4 is 92.4 Å². The molecule has 4 heteroatoms. The lowest BCUT2D eigenvalue weighted by Gasteiger charge is -2.26. The van der Waals surface area contributed by atoms with Gasteiger partial charge in [0, 0.05) is 69.9 Å². The van der Waals surface area contributed by atoms with Gasteiger partial charge in [-0.1, -0.05) is 121 Å². The summed E-state index contributed by atoms with van der Waals surface area (Å²) in [5, 5.41) is 7.08. The van der Waals surface area contributed by atoms with Crippen LogP contribution in [0.4, 0.5) is 17.1 Å². The maximum Gasteiger partial charge on any atom is 0.143 e. The highest BCUT2D eigenvalue weighted by molar-refractivity contribution is 7.25. The van der Waals surface area contributed by atoms with Gasteiger partial charge in [-0.3, -0.25) is 0 Å². The van der Waals surface area contributed by atoms with Crippen LogP contribution in [0.15, 0.2) is 185 Å². The van der Waals surface area contributed by atoms with Crippen molar-refractivity contribution in [1.82, 2.24) is 0 Å². The fourth-order valence-corrected chi connectivity index (χ4v) is 9.01. The molecule has 0 aliphatic heterocycles. The molecule has 0 bridgehead atoms. The Morgan fingerprint density at radius 2 is 0.827 bits per heavy atom. The molecule has 8 aromatic carbocycles. The number of anilines is 3. The molecule has 0 saturated carbocycles. The van der Waals surface area contributed by atoms with Gasteiger partial charge in [0.15, 0.2) is 0 Å². The summed E-state index contributed by atoms with van der Waals surface area (Å²) in [5.41, 5.74) is 11.2. The highest BCUT2D eigenvalue weighted by atomic mass is 32.1. The molecule has 0 fully saturated rings. The van der Waals surface area contributed by atoms with Crippen LogP contribution in [0.2, 0.25) is 0 Å². The lowest BCUT2D eigenvalue weighted by atomic mass is 10.00. The van der Waals surface area contributed by atoms with E-state index in [0.717, 1.165) is 83.2 Å². The third-order valence-electron chi connectivity index (χ3n) is 10.3. The first-order valence-electron chi connectivity index (χ1n) is 17.5. The van der Waals surface area contributed by atoms with Gasteiger partial charge in [-0.25, -0.2) is 0 Å². The second-order valence-electron chi connectivity index (χ2n) is 13.3. The summed E-state index contributed by atoms with van der Waals surface area (Å²) in [4.78, 5) is 2.37. The molecule has 3 nitrogen and oxygen atoms in total. The number of hydrogen-bond donors (Lipinski definition) is 0. The van der Waals surface area contributed by atoms with Gasteiger partial charge in [-0.15, -0.1) is 11.3 Å². The molecule has 3 aromatic heterocycles. The van der Waals surface area contributed by atoms with Crippen molar-refractivity contribution in [1.29, 1.82) is 0 Å². The maximum atomic E-state index is 6.49. The van der Waals surface area contributed by atoms with Crippen LogP contribution in [0, 0.1) is 0 Å². The van der Waals surface area contributed by atoms with E-state index in [1.165, 1.54) is 20.2 Å². The second kappa shape index (κ2) is 11.5. The van der Waals surface area contributed by atoms with E-state index in [9.17, 15) is 0 Å². The summed E-state index contributed by atoms with van der Waals surface area (Å²) >= 11 is 1.84. The number of fused-ring (bicyclic) bond motifs is 9. The van der Waals surface area contributed by atoms with Crippen LogP contribution in [-0.4, -0.2) is 0 Å². The standard InChI is InChI=1S/C48H29NO2S/c1-4-22-43-37(15-1)41-20-9-18-35(47(41)50-43)30-11-7-13-32(27-30)49(34-25-26-40-39-17-3-6-24-45(39)52-46(40)29-34)33-14-8-12-31(28-33)36-19-10-21-42-38-16-2-5-23-44(38)51-48(36)42/h1-29H. The van der Waals surface area contributed by atoms with Crippen molar-refractivity contribution < 1.29 is 8.83 Å². The molecular formula is C48H29NO2S. The molecule has 0 atom stereocenters. The monoisotopic (exact) mass is 683 g/mol. The zero-order valence-corrected chi connectivity index (χ0v) is 28.7. The minimum Gasteiger partial charge on any atom is -0.455 e. The van der Waals surface area contributed by atoms with Crippen LogP contribution < -0.4 is 4.90 Å². The van der Waals surface area contributed by atoms with Gasteiger partial charge in [0.2, 0.25) is 0 Å². The van der Waals surface area contributed by atoms with E-state index in [4.69, 9.17) is 8.83 Å². The van der Waals surface area contributed by atoms with Crippen LogP contribution in [0.3, 0.4) is 0 Å². The zero-order valence-electron chi connectivity index (χ0n) is 27.9. The first kappa shape index (κ1) is 29.1. The summed E-state index contributed by atoms with van der Waals surface area (Å²) in [6.45, 7) is 0. The zero-order chi connectivity index (χ0) is 34.2. The first-order chi connectivity index (χ1) is 25.8. The quantitative estimate of drug-likeness (QED) is 0.181. The Balaban J connectivity index is 1.11. The Morgan fingerprint density at radius 3 is 1.44 bits per heavy atom. The fourth-order valence-electron chi connectivity index (χ4n) is 7.87. The SMILES string of the molecule is c1cc(-c2cccc3c2oc2ccccc23)cc(N(c2cccc(-c3cccc4c3oc3ccccc34)c2)c2ccc3c(c2)sc2ccccc23)c1. The Bertz CT molecular complexity index is 3010. The van der Waals surface area contributed by atoms with Gasteiger partial charge in [-0.2, -0.15) is 0 Å². The lowest BCUT2D eigenvalue weighted by molar-refractivity contribution is 0.669. The van der Waals surface area contributed by atoms with E-state index >= 15 is 0 Å². The van der Waals surface area contributed by atoms with E-state index in [2.05, 4.69) is 157 Å². The molecule has 3 heterocycles. The second-order valence-corrected chi connectivity index (χ2v) is 14.4. The van der Waals surface area contributed by atoms with Gasteiger partial charge < -0.3 is 13.7 Å². The van der Waals surface area contributed by atoms with E-state index in [1.54, 1.807) is 0 Å². The molecule has 244 valence electrons. The van der Waals surface area contributed by atoms with E-state index in [0.29, 0.717) is 0 Å². The summed E-state index contributed by atoms with van der Waals surface area (Å²) in [5.74, 6) is 0. The minimum atomic E-state index is 0.899. The molecule has 0 radical (unpaired) electrons. The van der Waals surface area contributed by atoms with Crippen molar-refractivity contribution in [2.24, 2.45) is 0 Å². The van der Waals surface area contributed by atoms with E-state index in [1.807, 2.05) is 35.6 Å². The first-order valence-corrected chi connectivity index (χ1v) is 18.3. The molecule has 11 aromatic rings. The summed E-state index contributed by atoms with van der Waals surface area (Å²) in [6.07, 6.45) is 0. The van der Waals surface area contributed by atoms with Crippen LogP contribution in [0.1, 0.15) is 0 Å². The van der Waals surface area contributed by atoms with Crippen molar-refractivity contribution in [2.75, 3.05) is 4.90 Å². The molecule has 0 saturated heterocycles. The minimum absolute atomic E-state index is 0.899. The Morgan fingerprint density at radius 1 is 0.346 bits per heavy atom. The number of benzene rings is 8. The normalized spacial score (nSPS) is 11.8. The molecule has 52 heavy (non-hydrogen) atoms. The van der Waals surface area contributed by atoms with Crippen molar-refractivity contribution in [3.63, 3.8) is 0 Å². The van der Waals surface area contributed by atoms with Crippen LogP contribution >= 0.6 is 11.3 Å². The number of para-hydroxylation sites is 4.